The van der Waals surface area contributed by atoms with Gasteiger partial charge in [0.2, 0.25) is 5.91 Å². The van der Waals surface area contributed by atoms with Crippen LogP contribution in [-0.2, 0) is 9.59 Å². The van der Waals surface area contributed by atoms with E-state index in [2.05, 4.69) is 10.00 Å². The molecular weight excluding hydrogens is 406 g/mol. The van der Waals surface area contributed by atoms with E-state index in [1.807, 2.05) is 42.2 Å². The van der Waals surface area contributed by atoms with Crippen LogP contribution in [0.1, 0.15) is 41.0 Å². The maximum absolute atomic E-state index is 13.1. The first-order valence-corrected chi connectivity index (χ1v) is 11.4. The van der Waals surface area contributed by atoms with Crippen molar-refractivity contribution in [2.45, 2.75) is 33.1 Å². The average molecular weight is 438 g/mol. The molecule has 1 aromatic carbocycles. The van der Waals surface area contributed by atoms with Crippen molar-refractivity contribution in [3.05, 3.63) is 47.3 Å². The maximum Gasteiger partial charge on any atom is 0.295 e. The highest BCUT2D eigenvalue weighted by atomic mass is 16.2. The zero-order chi connectivity index (χ0) is 22.7. The van der Waals surface area contributed by atoms with Crippen molar-refractivity contribution in [2.24, 2.45) is 0 Å². The number of amides is 2. The van der Waals surface area contributed by atoms with Gasteiger partial charge in [0.05, 0.1) is 29.2 Å². The third-order valence-corrected chi connectivity index (χ3v) is 6.44. The smallest absolute Gasteiger partial charge is 0.295 e. The zero-order valence-corrected chi connectivity index (χ0v) is 18.9. The molecule has 4 rings (SSSR count). The molecule has 3 heterocycles. The summed E-state index contributed by atoms with van der Waals surface area (Å²) >= 11 is 0. The lowest BCUT2D eigenvalue weighted by molar-refractivity contribution is -0.134. The van der Waals surface area contributed by atoms with Crippen LogP contribution < -0.4 is 0 Å². The van der Waals surface area contributed by atoms with Crippen LogP contribution in [0.3, 0.4) is 0 Å². The van der Waals surface area contributed by atoms with Crippen LogP contribution in [0.2, 0.25) is 0 Å². The molecule has 32 heavy (non-hydrogen) atoms. The van der Waals surface area contributed by atoms with Gasteiger partial charge in [0, 0.05) is 39.3 Å². The van der Waals surface area contributed by atoms with Gasteiger partial charge in [0.25, 0.3) is 11.7 Å². The highest BCUT2D eigenvalue weighted by Crippen LogP contribution is 2.19. The molecule has 2 aromatic rings. The Balaban J connectivity index is 1.37. The number of aromatic nitrogens is 2. The van der Waals surface area contributed by atoms with Gasteiger partial charge in [-0.15, -0.1) is 0 Å². The first-order chi connectivity index (χ1) is 15.5. The number of benzene rings is 1. The van der Waals surface area contributed by atoms with Gasteiger partial charge in [-0.2, -0.15) is 5.10 Å². The maximum atomic E-state index is 13.1. The summed E-state index contributed by atoms with van der Waals surface area (Å²) in [6.45, 7) is 7.75. The number of likely N-dealkylation sites (tertiary alicyclic amines) is 1. The third-order valence-electron chi connectivity index (χ3n) is 6.44. The number of para-hydroxylation sites is 1. The second-order valence-electron chi connectivity index (χ2n) is 8.63. The van der Waals surface area contributed by atoms with Gasteiger partial charge in [-0.3, -0.25) is 19.3 Å². The molecule has 0 N–H and O–H groups in total. The molecule has 0 atom stereocenters. The normalized spacial score (nSPS) is 17.4. The van der Waals surface area contributed by atoms with Crippen LogP contribution in [0.4, 0.5) is 0 Å². The molecule has 170 valence electrons. The summed E-state index contributed by atoms with van der Waals surface area (Å²) in [6.07, 6.45) is 3.35. The van der Waals surface area contributed by atoms with Crippen LogP contribution in [0.5, 0.6) is 0 Å². The van der Waals surface area contributed by atoms with Gasteiger partial charge in [-0.1, -0.05) is 18.2 Å². The Morgan fingerprint density at radius 3 is 2.16 bits per heavy atom. The van der Waals surface area contributed by atoms with Crippen LogP contribution in [0, 0.1) is 13.8 Å². The van der Waals surface area contributed by atoms with E-state index in [-0.39, 0.29) is 5.91 Å². The number of carbonyl (C=O) groups is 3. The predicted octanol–water partition coefficient (Wildman–Crippen LogP) is 1.83. The van der Waals surface area contributed by atoms with Gasteiger partial charge in [-0.05, 0) is 45.2 Å². The zero-order valence-electron chi connectivity index (χ0n) is 18.9. The van der Waals surface area contributed by atoms with Gasteiger partial charge >= 0.3 is 0 Å². The molecule has 8 nitrogen and oxygen atoms in total. The average Bonchev–Trinajstić information content (AvgIpc) is 3.13. The Labute approximate surface area is 188 Å². The molecule has 0 saturated carbocycles. The molecule has 2 amide bonds. The minimum Gasteiger partial charge on any atom is -0.342 e. The summed E-state index contributed by atoms with van der Waals surface area (Å²) in [5.41, 5.74) is 2.45. The van der Waals surface area contributed by atoms with Crippen LogP contribution in [0.25, 0.3) is 5.69 Å². The summed E-state index contributed by atoms with van der Waals surface area (Å²) in [5, 5.41) is 4.49. The Kier molecular flexibility index (Phi) is 6.69. The minimum absolute atomic E-state index is 0.167. The van der Waals surface area contributed by atoms with E-state index in [1.165, 1.54) is 6.42 Å². The first-order valence-electron chi connectivity index (χ1n) is 11.4. The number of hydrogen-bond donors (Lipinski definition) is 0. The fourth-order valence-electron chi connectivity index (χ4n) is 4.59. The van der Waals surface area contributed by atoms with Crippen LogP contribution in [-0.4, -0.2) is 87.9 Å². The molecule has 0 aliphatic carbocycles. The lowest BCUT2D eigenvalue weighted by atomic mass is 10.1. The largest absolute Gasteiger partial charge is 0.342 e. The monoisotopic (exact) mass is 437 g/mol. The Morgan fingerprint density at radius 2 is 1.50 bits per heavy atom. The fraction of sp³-hybridized carbons (Fsp3) is 0.500. The Morgan fingerprint density at radius 1 is 0.844 bits per heavy atom. The second kappa shape index (κ2) is 9.65. The van der Waals surface area contributed by atoms with Crippen molar-refractivity contribution in [2.75, 3.05) is 45.8 Å². The Hall–Kier alpha value is -3.00. The van der Waals surface area contributed by atoms with Crippen molar-refractivity contribution in [3.63, 3.8) is 0 Å². The quantitative estimate of drug-likeness (QED) is 0.527. The SMILES string of the molecule is Cc1nn(-c2ccccc2)c(C)c1C(=O)C(=O)N1CCN(CC(=O)N2CCCCC2)CC1. The summed E-state index contributed by atoms with van der Waals surface area (Å²) in [4.78, 5) is 44.2. The van der Waals surface area contributed by atoms with Gasteiger partial charge in [0.15, 0.2) is 0 Å². The molecule has 1 aromatic heterocycles. The second-order valence-corrected chi connectivity index (χ2v) is 8.63. The van der Waals surface area contributed by atoms with Gasteiger partial charge in [0.1, 0.15) is 0 Å². The summed E-state index contributed by atoms with van der Waals surface area (Å²) < 4.78 is 1.71. The van der Waals surface area contributed by atoms with E-state index >= 15 is 0 Å². The van der Waals surface area contributed by atoms with E-state index in [1.54, 1.807) is 16.5 Å². The van der Waals surface area contributed by atoms with Gasteiger partial charge in [-0.25, -0.2) is 4.68 Å². The Bertz CT molecular complexity index is 987. The van der Waals surface area contributed by atoms with E-state index in [0.29, 0.717) is 49.7 Å². The summed E-state index contributed by atoms with van der Waals surface area (Å²) in [5.74, 6) is -0.842. The number of carbonyl (C=O) groups excluding carboxylic acids is 3. The van der Waals surface area contributed by atoms with E-state index in [0.717, 1.165) is 31.6 Å². The highest BCUT2D eigenvalue weighted by Gasteiger charge is 2.31. The molecule has 2 aliphatic rings. The number of ketones is 1. The highest BCUT2D eigenvalue weighted by molar-refractivity contribution is 6.43. The molecule has 0 unspecified atom stereocenters. The number of hydrogen-bond acceptors (Lipinski definition) is 5. The third kappa shape index (κ3) is 4.60. The number of aryl methyl sites for hydroxylation is 1. The molecule has 2 aliphatic heterocycles. The number of rotatable bonds is 5. The molecule has 0 bridgehead atoms. The topological polar surface area (TPSA) is 78.8 Å². The first kappa shape index (κ1) is 22.2. The lowest BCUT2D eigenvalue weighted by Gasteiger charge is -2.35. The molecular formula is C24H31N5O3. The van der Waals surface area contributed by atoms with Crippen molar-refractivity contribution < 1.29 is 14.4 Å². The summed E-state index contributed by atoms with van der Waals surface area (Å²) in [7, 11) is 0. The van der Waals surface area contributed by atoms with Gasteiger partial charge < -0.3 is 9.80 Å². The molecule has 2 fully saturated rings. The minimum atomic E-state index is -0.514. The molecule has 0 spiro atoms. The number of piperazine rings is 1. The van der Waals surface area contributed by atoms with Crippen LogP contribution >= 0.6 is 0 Å². The molecule has 0 radical (unpaired) electrons. The van der Waals surface area contributed by atoms with Crippen molar-refractivity contribution in [1.29, 1.82) is 0 Å². The van der Waals surface area contributed by atoms with E-state index in [9.17, 15) is 14.4 Å². The number of nitrogens with zero attached hydrogens (tertiary/aromatic N) is 5. The van der Waals surface area contributed by atoms with Crippen LogP contribution in [0.15, 0.2) is 30.3 Å². The summed E-state index contributed by atoms with van der Waals surface area (Å²) in [6, 6.07) is 9.58. The fourth-order valence-corrected chi connectivity index (χ4v) is 4.59. The molecule has 2 saturated heterocycles. The number of piperidine rings is 1. The molecule has 8 heteroatoms. The number of Topliss-reactive ketones (excluding diaryl/α,β-unsaturated/α-hetero) is 1. The van der Waals surface area contributed by atoms with Crippen molar-refractivity contribution in [1.82, 2.24) is 24.5 Å². The van der Waals surface area contributed by atoms with E-state index in [4.69, 9.17) is 0 Å². The predicted molar refractivity (Wildman–Crippen MR) is 121 cm³/mol. The van der Waals surface area contributed by atoms with Crippen molar-refractivity contribution in [3.8, 4) is 5.69 Å². The lowest BCUT2D eigenvalue weighted by Crippen LogP contribution is -2.53. The standard InChI is InChI=1S/C24H31N5O3/c1-18-22(19(2)29(25-18)20-9-5-3-6-10-20)23(31)24(32)28-15-13-26(14-16-28)17-21(30)27-11-7-4-8-12-27/h3,5-6,9-10H,4,7-8,11-17H2,1-2H3. The van der Waals surface area contributed by atoms with Crippen molar-refractivity contribution >= 4 is 17.6 Å². The van der Waals surface area contributed by atoms with E-state index < -0.39 is 11.7 Å².